The number of rotatable bonds is 5. The minimum Gasteiger partial charge on any atom is -0.451 e. The number of nitrogens with zero attached hydrogens (tertiary/aromatic N) is 2. The fourth-order valence-electron chi connectivity index (χ4n) is 1.76. The number of nitrogens with one attached hydrogen (secondary N) is 1. The molecule has 2 aromatic rings. The molecule has 0 aliphatic carbocycles. The molecule has 21 heavy (non-hydrogen) atoms. The Morgan fingerprint density at radius 3 is 2.71 bits per heavy atom. The Kier molecular flexibility index (Phi) is 5.25. The molecular weight excluding hydrogens is 337 g/mol. The van der Waals surface area contributed by atoms with Gasteiger partial charge in [0.1, 0.15) is 11.5 Å². The van der Waals surface area contributed by atoms with E-state index in [0.717, 1.165) is 5.82 Å². The molecule has 2 rings (SSSR count). The maximum atomic E-state index is 13.8. The van der Waals surface area contributed by atoms with E-state index < -0.39 is 5.82 Å². The van der Waals surface area contributed by atoms with Crippen LogP contribution in [0.1, 0.15) is 31.3 Å². The number of aromatic nitrogens is 2. The molecule has 1 aromatic carbocycles. The summed E-state index contributed by atoms with van der Waals surface area (Å²) in [4.78, 5) is 8.74. The van der Waals surface area contributed by atoms with Crippen LogP contribution in [-0.2, 0) is 6.54 Å². The first-order chi connectivity index (χ1) is 10.0. The highest BCUT2D eigenvalue weighted by Crippen LogP contribution is 2.28. The molecule has 1 N–H and O–H groups in total. The Morgan fingerprint density at radius 1 is 1.33 bits per heavy atom. The molecule has 0 atom stereocenters. The second-order valence-corrected chi connectivity index (χ2v) is 5.82. The van der Waals surface area contributed by atoms with Crippen molar-refractivity contribution in [2.75, 3.05) is 7.05 Å². The van der Waals surface area contributed by atoms with Crippen LogP contribution in [0.2, 0.25) is 0 Å². The molecule has 0 aliphatic rings. The van der Waals surface area contributed by atoms with Crippen LogP contribution in [0.25, 0.3) is 0 Å². The highest BCUT2D eigenvalue weighted by atomic mass is 79.9. The lowest BCUT2D eigenvalue weighted by Crippen LogP contribution is -2.11. The molecule has 1 heterocycles. The van der Waals surface area contributed by atoms with E-state index in [9.17, 15) is 4.39 Å². The number of hydrogen-bond donors (Lipinski definition) is 1. The lowest BCUT2D eigenvalue weighted by Gasteiger charge is -2.13. The Hall–Kier alpha value is -1.53. The van der Waals surface area contributed by atoms with E-state index >= 15 is 0 Å². The molecule has 0 fully saturated rings. The van der Waals surface area contributed by atoms with Crippen LogP contribution in [0.15, 0.2) is 28.9 Å². The first-order valence-corrected chi connectivity index (χ1v) is 7.44. The lowest BCUT2D eigenvalue weighted by molar-refractivity contribution is 0.429. The zero-order chi connectivity index (χ0) is 15.4. The third kappa shape index (κ3) is 3.98. The molecule has 0 aliphatic heterocycles. The molecule has 0 amide bonds. The van der Waals surface area contributed by atoms with Crippen LogP contribution in [0.3, 0.4) is 0 Å². The van der Waals surface area contributed by atoms with Crippen molar-refractivity contribution < 1.29 is 9.13 Å². The summed E-state index contributed by atoms with van der Waals surface area (Å²) in [7, 11) is 1.82. The van der Waals surface area contributed by atoms with Crippen molar-refractivity contribution in [1.82, 2.24) is 15.3 Å². The van der Waals surface area contributed by atoms with E-state index in [2.05, 4.69) is 31.2 Å². The fraction of sp³-hybridized carbons (Fsp3) is 0.333. The number of halogens is 2. The summed E-state index contributed by atoms with van der Waals surface area (Å²) >= 11 is 3.22. The van der Waals surface area contributed by atoms with Gasteiger partial charge in [0.05, 0.1) is 6.20 Å². The Bertz CT molecular complexity index is 634. The van der Waals surface area contributed by atoms with Gasteiger partial charge in [0.25, 0.3) is 0 Å². The average molecular weight is 354 g/mol. The average Bonchev–Trinajstić information content (AvgIpc) is 2.43. The Morgan fingerprint density at radius 2 is 2.10 bits per heavy atom. The molecule has 0 saturated carbocycles. The van der Waals surface area contributed by atoms with Gasteiger partial charge in [-0.3, -0.25) is 0 Å². The van der Waals surface area contributed by atoms with E-state index in [4.69, 9.17) is 4.74 Å². The van der Waals surface area contributed by atoms with Crippen molar-refractivity contribution >= 4 is 15.9 Å². The second-order valence-electron chi connectivity index (χ2n) is 4.90. The second kappa shape index (κ2) is 6.95. The normalized spacial score (nSPS) is 11.0. The van der Waals surface area contributed by atoms with E-state index in [-0.39, 0.29) is 11.7 Å². The van der Waals surface area contributed by atoms with Crippen molar-refractivity contribution in [3.63, 3.8) is 0 Å². The van der Waals surface area contributed by atoms with Crippen molar-refractivity contribution in [1.29, 1.82) is 0 Å². The van der Waals surface area contributed by atoms with E-state index in [1.54, 1.807) is 18.3 Å². The lowest BCUT2D eigenvalue weighted by atomic mass is 10.2. The maximum Gasteiger partial charge on any atom is 0.168 e. The van der Waals surface area contributed by atoms with Crippen molar-refractivity contribution in [2.45, 2.75) is 26.3 Å². The van der Waals surface area contributed by atoms with Gasteiger partial charge in [-0.2, -0.15) is 0 Å². The van der Waals surface area contributed by atoms with Crippen molar-refractivity contribution in [3.8, 4) is 11.5 Å². The Balaban J connectivity index is 2.34. The third-order valence-electron chi connectivity index (χ3n) is 2.82. The van der Waals surface area contributed by atoms with Gasteiger partial charge in [-0.1, -0.05) is 29.8 Å². The molecule has 0 radical (unpaired) electrons. The molecule has 0 saturated heterocycles. The highest BCUT2D eigenvalue weighted by molar-refractivity contribution is 9.10. The van der Waals surface area contributed by atoms with Crippen LogP contribution in [0, 0.1) is 5.82 Å². The van der Waals surface area contributed by atoms with Gasteiger partial charge < -0.3 is 10.1 Å². The van der Waals surface area contributed by atoms with Gasteiger partial charge >= 0.3 is 0 Å². The summed E-state index contributed by atoms with van der Waals surface area (Å²) in [6, 6.07) is 4.65. The van der Waals surface area contributed by atoms with Crippen LogP contribution in [0.5, 0.6) is 11.5 Å². The monoisotopic (exact) mass is 353 g/mol. The van der Waals surface area contributed by atoms with Gasteiger partial charge in [0.15, 0.2) is 17.3 Å². The minimum atomic E-state index is -0.437. The topological polar surface area (TPSA) is 47.0 Å². The van der Waals surface area contributed by atoms with E-state index in [0.29, 0.717) is 22.5 Å². The molecule has 1 aromatic heterocycles. The van der Waals surface area contributed by atoms with Crippen LogP contribution < -0.4 is 10.1 Å². The quantitative estimate of drug-likeness (QED) is 0.881. The standard InChI is InChI=1S/C15H17BrFN3O/c1-9(2)15-19-8-14(12(20-15)7-18-3)21-13-5-4-10(16)6-11(13)17/h4-6,8-9,18H,7H2,1-3H3. The fourth-order valence-corrected chi connectivity index (χ4v) is 2.09. The maximum absolute atomic E-state index is 13.8. The summed E-state index contributed by atoms with van der Waals surface area (Å²) in [5.74, 6) is 1.13. The SMILES string of the molecule is CNCc1nc(C(C)C)ncc1Oc1ccc(Br)cc1F. The zero-order valence-electron chi connectivity index (χ0n) is 12.2. The molecular formula is C15H17BrFN3O. The summed E-state index contributed by atoms with van der Waals surface area (Å²) < 4.78 is 20.1. The summed E-state index contributed by atoms with van der Waals surface area (Å²) in [5.41, 5.74) is 0.707. The summed E-state index contributed by atoms with van der Waals surface area (Å²) in [6.45, 7) is 4.57. The number of hydrogen-bond acceptors (Lipinski definition) is 4. The first-order valence-electron chi connectivity index (χ1n) is 6.64. The molecule has 0 bridgehead atoms. The Labute approximate surface area is 131 Å². The molecule has 6 heteroatoms. The van der Waals surface area contributed by atoms with Gasteiger partial charge in [-0.05, 0) is 25.2 Å². The predicted molar refractivity (Wildman–Crippen MR) is 83.1 cm³/mol. The summed E-state index contributed by atoms with van der Waals surface area (Å²) in [6.07, 6.45) is 1.59. The van der Waals surface area contributed by atoms with Crippen LogP contribution >= 0.6 is 15.9 Å². The zero-order valence-corrected chi connectivity index (χ0v) is 13.7. The highest BCUT2D eigenvalue weighted by Gasteiger charge is 2.13. The van der Waals surface area contributed by atoms with E-state index in [1.807, 2.05) is 20.9 Å². The van der Waals surface area contributed by atoms with Crippen molar-refractivity contribution in [3.05, 3.63) is 46.2 Å². The minimum absolute atomic E-state index is 0.149. The third-order valence-corrected chi connectivity index (χ3v) is 3.32. The van der Waals surface area contributed by atoms with Gasteiger partial charge in [0, 0.05) is 16.9 Å². The van der Waals surface area contributed by atoms with Gasteiger partial charge in [-0.25, -0.2) is 14.4 Å². The molecule has 4 nitrogen and oxygen atoms in total. The molecule has 0 unspecified atom stereocenters. The van der Waals surface area contributed by atoms with Gasteiger partial charge in [-0.15, -0.1) is 0 Å². The van der Waals surface area contributed by atoms with Crippen LogP contribution in [-0.4, -0.2) is 17.0 Å². The summed E-state index contributed by atoms with van der Waals surface area (Å²) in [5, 5.41) is 3.03. The van der Waals surface area contributed by atoms with Crippen LogP contribution in [0.4, 0.5) is 4.39 Å². The smallest absolute Gasteiger partial charge is 0.168 e. The van der Waals surface area contributed by atoms with E-state index in [1.165, 1.54) is 6.07 Å². The largest absolute Gasteiger partial charge is 0.451 e. The molecule has 0 spiro atoms. The molecule has 112 valence electrons. The van der Waals surface area contributed by atoms with Gasteiger partial charge in [0.2, 0.25) is 0 Å². The van der Waals surface area contributed by atoms with Crippen molar-refractivity contribution in [2.24, 2.45) is 0 Å². The number of ether oxygens (including phenoxy) is 1. The predicted octanol–water partition coefficient (Wildman–Crippen LogP) is 4.01. The first kappa shape index (κ1) is 15.9. The number of benzene rings is 1.